The fourth-order valence-electron chi connectivity index (χ4n) is 4.06. The fraction of sp³-hybridized carbons (Fsp3) is 0.320. The third-order valence-electron chi connectivity index (χ3n) is 5.77. The number of nitrogen functional groups attached to an aromatic ring is 1. The fourth-order valence-corrected chi connectivity index (χ4v) is 4.06. The summed E-state index contributed by atoms with van der Waals surface area (Å²) in [6, 6.07) is 15.3. The SMILES string of the molecule is Nc1ccc(N2CCCCC2)cc1-c1cc(CNCc2cccc(C(F)(F)F)c2)ccn1. The van der Waals surface area contributed by atoms with Crippen LogP contribution in [0.3, 0.4) is 0 Å². The van der Waals surface area contributed by atoms with Gasteiger partial charge in [0.2, 0.25) is 0 Å². The molecular formula is C25H27F3N4. The van der Waals surface area contributed by atoms with Gasteiger partial charge in [0.25, 0.3) is 0 Å². The number of nitrogens with one attached hydrogen (secondary N) is 1. The van der Waals surface area contributed by atoms with Gasteiger partial charge in [-0.3, -0.25) is 4.98 Å². The summed E-state index contributed by atoms with van der Waals surface area (Å²) in [5.41, 5.74) is 10.7. The molecule has 1 saturated heterocycles. The first-order chi connectivity index (χ1) is 15.4. The highest BCUT2D eigenvalue weighted by atomic mass is 19.4. The van der Waals surface area contributed by atoms with E-state index in [0.29, 0.717) is 24.3 Å². The maximum Gasteiger partial charge on any atom is 0.416 e. The van der Waals surface area contributed by atoms with Crippen molar-refractivity contribution in [2.24, 2.45) is 0 Å². The van der Waals surface area contributed by atoms with Crippen molar-refractivity contribution < 1.29 is 13.2 Å². The molecule has 1 aromatic heterocycles. The van der Waals surface area contributed by atoms with Crippen LogP contribution in [0.2, 0.25) is 0 Å². The van der Waals surface area contributed by atoms with Crippen LogP contribution in [0.15, 0.2) is 60.8 Å². The Balaban J connectivity index is 1.45. The van der Waals surface area contributed by atoms with Gasteiger partial charge in [0.15, 0.2) is 0 Å². The number of pyridine rings is 1. The van der Waals surface area contributed by atoms with Crippen LogP contribution in [0, 0.1) is 0 Å². The maximum atomic E-state index is 12.9. The Labute approximate surface area is 186 Å². The summed E-state index contributed by atoms with van der Waals surface area (Å²) in [4.78, 5) is 6.89. The van der Waals surface area contributed by atoms with E-state index >= 15 is 0 Å². The molecule has 2 aromatic carbocycles. The first kappa shape index (κ1) is 22.1. The molecule has 7 heteroatoms. The second kappa shape index (κ2) is 9.61. The molecule has 0 atom stereocenters. The highest BCUT2D eigenvalue weighted by molar-refractivity contribution is 5.78. The summed E-state index contributed by atoms with van der Waals surface area (Å²) in [7, 11) is 0. The van der Waals surface area contributed by atoms with Gasteiger partial charge in [0.05, 0.1) is 11.3 Å². The Morgan fingerprint density at radius 1 is 0.906 bits per heavy atom. The van der Waals surface area contributed by atoms with Crippen LogP contribution in [0.25, 0.3) is 11.3 Å². The molecule has 168 valence electrons. The second-order valence-electron chi connectivity index (χ2n) is 8.17. The number of rotatable bonds is 6. The van der Waals surface area contributed by atoms with Crippen LogP contribution in [-0.4, -0.2) is 18.1 Å². The topological polar surface area (TPSA) is 54.2 Å². The zero-order valence-electron chi connectivity index (χ0n) is 17.8. The van der Waals surface area contributed by atoms with Gasteiger partial charge in [-0.15, -0.1) is 0 Å². The molecule has 0 saturated carbocycles. The van der Waals surface area contributed by atoms with Gasteiger partial charge >= 0.3 is 6.18 Å². The van der Waals surface area contributed by atoms with Crippen molar-refractivity contribution in [2.75, 3.05) is 23.7 Å². The second-order valence-corrected chi connectivity index (χ2v) is 8.17. The number of benzene rings is 2. The predicted octanol–water partition coefficient (Wildman–Crippen LogP) is 5.63. The third-order valence-corrected chi connectivity index (χ3v) is 5.77. The highest BCUT2D eigenvalue weighted by Crippen LogP contribution is 2.31. The molecule has 1 aliphatic heterocycles. The van der Waals surface area contributed by atoms with Gasteiger partial charge in [0.1, 0.15) is 0 Å². The molecule has 4 rings (SSSR count). The van der Waals surface area contributed by atoms with Crippen molar-refractivity contribution in [1.29, 1.82) is 0 Å². The quantitative estimate of drug-likeness (QED) is 0.488. The van der Waals surface area contributed by atoms with Gasteiger partial charge in [-0.25, -0.2) is 0 Å². The van der Waals surface area contributed by atoms with Crippen LogP contribution in [0.5, 0.6) is 0 Å². The summed E-state index contributed by atoms with van der Waals surface area (Å²) in [5.74, 6) is 0. The molecule has 0 amide bonds. The molecule has 3 aromatic rings. The Hall–Kier alpha value is -3.06. The Morgan fingerprint density at radius 3 is 2.41 bits per heavy atom. The molecule has 1 aliphatic rings. The van der Waals surface area contributed by atoms with Gasteiger partial charge in [-0.2, -0.15) is 13.2 Å². The minimum absolute atomic E-state index is 0.341. The molecule has 0 spiro atoms. The summed E-state index contributed by atoms with van der Waals surface area (Å²) in [6.45, 7) is 2.96. The standard InChI is InChI=1S/C25H27F3N4/c26-25(27,28)20-6-4-5-18(13-20)16-30-17-19-9-10-31-24(14-19)22-15-21(7-8-23(22)29)32-11-2-1-3-12-32/h4-10,13-15,30H,1-3,11-12,16-17,29H2. The van der Waals surface area contributed by atoms with Gasteiger partial charge in [0, 0.05) is 49.3 Å². The van der Waals surface area contributed by atoms with E-state index in [4.69, 9.17) is 5.73 Å². The molecule has 0 radical (unpaired) electrons. The van der Waals surface area contributed by atoms with Gasteiger partial charge in [-0.1, -0.05) is 18.2 Å². The number of aromatic nitrogens is 1. The van der Waals surface area contributed by atoms with Crippen LogP contribution >= 0.6 is 0 Å². The minimum atomic E-state index is -4.33. The molecule has 4 nitrogen and oxygen atoms in total. The van der Waals surface area contributed by atoms with Crippen LogP contribution in [-0.2, 0) is 19.3 Å². The molecule has 0 unspecified atom stereocenters. The van der Waals surface area contributed by atoms with Crippen molar-refractivity contribution in [3.05, 3.63) is 77.5 Å². The molecule has 0 bridgehead atoms. The average molecular weight is 441 g/mol. The van der Waals surface area contributed by atoms with E-state index in [9.17, 15) is 13.2 Å². The molecular weight excluding hydrogens is 413 g/mol. The highest BCUT2D eigenvalue weighted by Gasteiger charge is 2.30. The monoisotopic (exact) mass is 440 g/mol. The predicted molar refractivity (Wildman–Crippen MR) is 122 cm³/mol. The summed E-state index contributed by atoms with van der Waals surface area (Å²) in [5, 5.41) is 3.22. The molecule has 3 N–H and O–H groups in total. The zero-order valence-corrected chi connectivity index (χ0v) is 17.8. The number of halogens is 3. The first-order valence-corrected chi connectivity index (χ1v) is 10.9. The van der Waals surface area contributed by atoms with E-state index in [-0.39, 0.29) is 0 Å². The first-order valence-electron chi connectivity index (χ1n) is 10.9. The van der Waals surface area contributed by atoms with Gasteiger partial charge < -0.3 is 16.0 Å². The van der Waals surface area contributed by atoms with E-state index in [1.165, 1.54) is 31.4 Å². The number of hydrogen-bond donors (Lipinski definition) is 2. The lowest BCUT2D eigenvalue weighted by Crippen LogP contribution is -2.29. The Morgan fingerprint density at radius 2 is 1.66 bits per heavy atom. The largest absolute Gasteiger partial charge is 0.416 e. The van der Waals surface area contributed by atoms with Crippen molar-refractivity contribution in [3.8, 4) is 11.3 Å². The number of anilines is 2. The van der Waals surface area contributed by atoms with Gasteiger partial charge in [-0.05, 0) is 66.8 Å². The number of hydrogen-bond acceptors (Lipinski definition) is 4. The molecule has 0 aliphatic carbocycles. The molecule has 2 heterocycles. The van der Waals surface area contributed by atoms with E-state index in [0.717, 1.165) is 41.7 Å². The number of piperidine rings is 1. The number of alkyl halides is 3. The Bertz CT molecular complexity index is 1060. The summed E-state index contributed by atoms with van der Waals surface area (Å²) in [6.07, 6.45) is 1.08. The number of nitrogens with two attached hydrogens (primary N) is 1. The lowest BCUT2D eigenvalue weighted by molar-refractivity contribution is -0.137. The van der Waals surface area contributed by atoms with E-state index in [2.05, 4.69) is 27.3 Å². The zero-order chi connectivity index (χ0) is 22.6. The lowest BCUT2D eigenvalue weighted by Gasteiger charge is -2.29. The molecule has 1 fully saturated rings. The van der Waals surface area contributed by atoms with E-state index in [1.54, 1.807) is 12.3 Å². The van der Waals surface area contributed by atoms with Crippen molar-refractivity contribution >= 4 is 11.4 Å². The third kappa shape index (κ3) is 5.40. The van der Waals surface area contributed by atoms with Crippen molar-refractivity contribution in [1.82, 2.24) is 10.3 Å². The lowest BCUT2D eigenvalue weighted by atomic mass is 10.0. The molecule has 32 heavy (non-hydrogen) atoms. The van der Waals surface area contributed by atoms with Crippen LogP contribution < -0.4 is 16.0 Å². The summed E-state index contributed by atoms with van der Waals surface area (Å²) >= 11 is 0. The minimum Gasteiger partial charge on any atom is -0.398 e. The number of nitrogens with zero attached hydrogens (tertiary/aromatic N) is 2. The van der Waals surface area contributed by atoms with E-state index < -0.39 is 11.7 Å². The van der Waals surface area contributed by atoms with Crippen LogP contribution in [0.1, 0.15) is 36.0 Å². The van der Waals surface area contributed by atoms with Crippen molar-refractivity contribution in [3.63, 3.8) is 0 Å². The normalized spacial score (nSPS) is 14.5. The Kier molecular flexibility index (Phi) is 6.65. The summed E-state index contributed by atoms with van der Waals surface area (Å²) < 4.78 is 38.7. The smallest absolute Gasteiger partial charge is 0.398 e. The maximum absolute atomic E-state index is 12.9. The van der Waals surface area contributed by atoms with E-state index in [1.807, 2.05) is 18.2 Å². The van der Waals surface area contributed by atoms with Crippen molar-refractivity contribution in [2.45, 2.75) is 38.5 Å². The van der Waals surface area contributed by atoms with Crippen LogP contribution in [0.4, 0.5) is 24.5 Å². The average Bonchev–Trinajstić information content (AvgIpc) is 2.80.